The number of aromatic nitrogens is 3. The Morgan fingerprint density at radius 1 is 1.03 bits per heavy atom. The maximum absolute atomic E-state index is 11.4. The normalized spacial score (nSPS) is 11.3. The first-order valence-electron chi connectivity index (χ1n) is 10.1. The van der Waals surface area contributed by atoms with Crippen molar-refractivity contribution in [1.29, 1.82) is 0 Å². The van der Waals surface area contributed by atoms with E-state index >= 15 is 0 Å². The standard InChI is InChI=1S/C25H17Cl2N3O3/c1-13-22(14(2)33-29-13)17-10-21-23(28-11-17)18(15-6-4-3-5-7-15)12-30(21)24-19(26)8-16(25(31)32)9-20(24)27/h3-12H,1-2H3,(H,31,32). The fourth-order valence-corrected chi connectivity index (χ4v) is 4.74. The van der Waals surface area contributed by atoms with Gasteiger partial charge < -0.3 is 14.2 Å². The monoisotopic (exact) mass is 477 g/mol. The lowest BCUT2D eigenvalue weighted by molar-refractivity contribution is 0.0697. The van der Waals surface area contributed by atoms with E-state index in [1.807, 2.05) is 61.0 Å². The summed E-state index contributed by atoms with van der Waals surface area (Å²) in [6.45, 7) is 3.73. The zero-order valence-electron chi connectivity index (χ0n) is 17.6. The van der Waals surface area contributed by atoms with Crippen molar-refractivity contribution in [2.75, 3.05) is 0 Å². The zero-order valence-corrected chi connectivity index (χ0v) is 19.1. The average molecular weight is 478 g/mol. The highest BCUT2D eigenvalue weighted by atomic mass is 35.5. The van der Waals surface area contributed by atoms with E-state index < -0.39 is 5.97 Å². The van der Waals surface area contributed by atoms with Crippen LogP contribution in [-0.4, -0.2) is 25.8 Å². The first-order chi connectivity index (χ1) is 15.8. The van der Waals surface area contributed by atoms with Gasteiger partial charge in [0.15, 0.2) is 0 Å². The molecule has 33 heavy (non-hydrogen) atoms. The number of fused-ring (bicyclic) bond motifs is 1. The molecule has 5 rings (SSSR count). The first kappa shape index (κ1) is 21.2. The van der Waals surface area contributed by atoms with Crippen LogP contribution in [0.2, 0.25) is 10.0 Å². The highest BCUT2D eigenvalue weighted by molar-refractivity contribution is 6.38. The highest BCUT2D eigenvalue weighted by Gasteiger charge is 2.21. The number of aryl methyl sites for hydroxylation is 2. The molecular formula is C25H17Cl2N3O3. The van der Waals surface area contributed by atoms with Gasteiger partial charge in [0, 0.05) is 29.1 Å². The Kier molecular flexibility index (Phi) is 5.19. The summed E-state index contributed by atoms with van der Waals surface area (Å²) in [6.07, 6.45) is 3.71. The lowest BCUT2D eigenvalue weighted by Gasteiger charge is -2.12. The Bertz CT molecular complexity index is 1500. The lowest BCUT2D eigenvalue weighted by atomic mass is 10.0. The molecule has 0 saturated carbocycles. The van der Waals surface area contributed by atoms with Crippen molar-refractivity contribution in [2.45, 2.75) is 13.8 Å². The molecule has 0 aliphatic carbocycles. The molecule has 3 aromatic heterocycles. The fraction of sp³-hybridized carbons (Fsp3) is 0.0800. The SMILES string of the molecule is Cc1noc(C)c1-c1cnc2c(-c3ccccc3)cn(-c3c(Cl)cc(C(=O)O)cc3Cl)c2c1. The second-order valence-electron chi connectivity index (χ2n) is 7.66. The highest BCUT2D eigenvalue weighted by Crippen LogP contribution is 2.39. The van der Waals surface area contributed by atoms with E-state index in [1.165, 1.54) is 12.1 Å². The summed E-state index contributed by atoms with van der Waals surface area (Å²) in [7, 11) is 0. The van der Waals surface area contributed by atoms with Crippen molar-refractivity contribution in [1.82, 2.24) is 14.7 Å². The Morgan fingerprint density at radius 3 is 2.33 bits per heavy atom. The van der Waals surface area contributed by atoms with Gasteiger partial charge in [0.05, 0.1) is 38.0 Å². The van der Waals surface area contributed by atoms with Crippen LogP contribution in [0, 0.1) is 13.8 Å². The van der Waals surface area contributed by atoms with Crippen molar-refractivity contribution in [3.63, 3.8) is 0 Å². The van der Waals surface area contributed by atoms with Gasteiger partial charge in [-0.05, 0) is 37.6 Å². The van der Waals surface area contributed by atoms with Gasteiger partial charge in [-0.15, -0.1) is 0 Å². The van der Waals surface area contributed by atoms with E-state index in [9.17, 15) is 9.90 Å². The Balaban J connectivity index is 1.83. The molecule has 0 radical (unpaired) electrons. The molecule has 0 atom stereocenters. The van der Waals surface area contributed by atoms with Crippen molar-refractivity contribution in [2.24, 2.45) is 0 Å². The Morgan fingerprint density at radius 2 is 1.73 bits per heavy atom. The van der Waals surface area contributed by atoms with E-state index in [0.717, 1.165) is 39.0 Å². The molecule has 8 heteroatoms. The summed E-state index contributed by atoms with van der Waals surface area (Å²) in [6, 6.07) is 14.6. The van der Waals surface area contributed by atoms with Crippen molar-refractivity contribution in [3.8, 4) is 27.9 Å². The van der Waals surface area contributed by atoms with Gasteiger partial charge in [0.1, 0.15) is 5.76 Å². The summed E-state index contributed by atoms with van der Waals surface area (Å²) in [4.78, 5) is 16.2. The number of hydrogen-bond donors (Lipinski definition) is 1. The molecular weight excluding hydrogens is 461 g/mol. The van der Waals surface area contributed by atoms with E-state index in [1.54, 1.807) is 6.20 Å². The van der Waals surface area contributed by atoms with E-state index in [-0.39, 0.29) is 15.6 Å². The van der Waals surface area contributed by atoms with Crippen LogP contribution in [0.15, 0.2) is 65.4 Å². The molecule has 1 N–H and O–H groups in total. The largest absolute Gasteiger partial charge is 0.478 e. The van der Waals surface area contributed by atoms with Crippen molar-refractivity contribution in [3.05, 3.63) is 88.0 Å². The number of carboxylic acid groups (broad SMARTS) is 1. The average Bonchev–Trinajstić information content (AvgIpc) is 3.33. The molecule has 0 fully saturated rings. The van der Waals surface area contributed by atoms with Crippen LogP contribution in [0.1, 0.15) is 21.8 Å². The van der Waals surface area contributed by atoms with Gasteiger partial charge in [-0.3, -0.25) is 4.98 Å². The maximum atomic E-state index is 11.4. The minimum absolute atomic E-state index is 0.0167. The van der Waals surface area contributed by atoms with Crippen LogP contribution in [0.5, 0.6) is 0 Å². The third-order valence-electron chi connectivity index (χ3n) is 5.55. The molecule has 0 amide bonds. The molecule has 0 bridgehead atoms. The fourth-order valence-electron chi connectivity index (χ4n) is 4.07. The minimum atomic E-state index is -1.10. The van der Waals surface area contributed by atoms with Crippen LogP contribution in [0.3, 0.4) is 0 Å². The third kappa shape index (κ3) is 3.57. The molecule has 0 aliphatic heterocycles. The van der Waals surface area contributed by atoms with Gasteiger partial charge in [0.25, 0.3) is 0 Å². The number of nitrogens with zero attached hydrogens (tertiary/aromatic N) is 3. The maximum Gasteiger partial charge on any atom is 0.335 e. The number of carboxylic acids is 1. The third-order valence-corrected chi connectivity index (χ3v) is 6.13. The molecule has 2 aromatic carbocycles. The molecule has 0 saturated heterocycles. The van der Waals surface area contributed by atoms with Gasteiger partial charge in [-0.25, -0.2) is 4.79 Å². The molecule has 3 heterocycles. The molecule has 6 nitrogen and oxygen atoms in total. The minimum Gasteiger partial charge on any atom is -0.478 e. The topological polar surface area (TPSA) is 81.2 Å². The van der Waals surface area contributed by atoms with Crippen molar-refractivity contribution >= 4 is 40.2 Å². The predicted molar refractivity (Wildman–Crippen MR) is 128 cm³/mol. The van der Waals surface area contributed by atoms with E-state index in [2.05, 4.69) is 5.16 Å². The second-order valence-corrected chi connectivity index (χ2v) is 8.48. The molecule has 0 unspecified atom stereocenters. The lowest BCUT2D eigenvalue weighted by Crippen LogP contribution is -2.01. The number of benzene rings is 2. The predicted octanol–water partition coefficient (Wildman–Crippen LogP) is 6.97. The number of hydrogen-bond acceptors (Lipinski definition) is 4. The molecule has 0 spiro atoms. The summed E-state index contributed by atoms with van der Waals surface area (Å²) < 4.78 is 7.19. The Hall–Kier alpha value is -3.61. The molecule has 5 aromatic rings. The van der Waals surface area contributed by atoms with Crippen LogP contribution < -0.4 is 0 Å². The van der Waals surface area contributed by atoms with Gasteiger partial charge in [0.2, 0.25) is 0 Å². The van der Waals surface area contributed by atoms with Gasteiger partial charge in [-0.1, -0.05) is 58.7 Å². The first-order valence-corrected chi connectivity index (χ1v) is 10.8. The van der Waals surface area contributed by atoms with Gasteiger partial charge >= 0.3 is 5.97 Å². The summed E-state index contributed by atoms with van der Waals surface area (Å²) in [5.74, 6) is -0.410. The Labute approximate surface area is 199 Å². The number of carbonyl (C=O) groups is 1. The number of pyridine rings is 1. The number of rotatable bonds is 4. The van der Waals surface area contributed by atoms with Crippen LogP contribution in [-0.2, 0) is 0 Å². The molecule has 164 valence electrons. The smallest absolute Gasteiger partial charge is 0.335 e. The summed E-state index contributed by atoms with van der Waals surface area (Å²) in [5.41, 5.74) is 6.36. The van der Waals surface area contributed by atoms with Crippen LogP contribution in [0.4, 0.5) is 0 Å². The van der Waals surface area contributed by atoms with Crippen LogP contribution >= 0.6 is 23.2 Å². The van der Waals surface area contributed by atoms with E-state index in [0.29, 0.717) is 11.4 Å². The quantitative estimate of drug-likeness (QED) is 0.302. The van der Waals surface area contributed by atoms with Crippen molar-refractivity contribution < 1.29 is 14.4 Å². The van der Waals surface area contributed by atoms with Crippen LogP contribution in [0.25, 0.3) is 39.0 Å². The number of halogens is 2. The molecule has 0 aliphatic rings. The second kappa shape index (κ2) is 8.06. The number of aromatic carboxylic acids is 1. The zero-order chi connectivity index (χ0) is 23.3. The summed E-state index contributed by atoms with van der Waals surface area (Å²) >= 11 is 13.1. The summed E-state index contributed by atoms with van der Waals surface area (Å²) in [5, 5.41) is 13.9. The van der Waals surface area contributed by atoms with Gasteiger partial charge in [-0.2, -0.15) is 0 Å². The van der Waals surface area contributed by atoms with E-state index in [4.69, 9.17) is 32.7 Å².